The van der Waals surface area contributed by atoms with Crippen molar-refractivity contribution in [3.63, 3.8) is 0 Å². The number of hydrogen-bond acceptors (Lipinski definition) is 4. The Hall–Kier alpha value is -3.95. The van der Waals surface area contributed by atoms with E-state index in [0.717, 1.165) is 21.3 Å². The first kappa shape index (κ1) is 27.1. The molecule has 4 rings (SSSR count). The van der Waals surface area contributed by atoms with Gasteiger partial charge in [-0.05, 0) is 69.3 Å². The Labute approximate surface area is 226 Å². The summed E-state index contributed by atoms with van der Waals surface area (Å²) < 4.78 is 44.0. The van der Waals surface area contributed by atoms with Gasteiger partial charge < -0.3 is 4.57 Å². The number of anilines is 1. The van der Waals surface area contributed by atoms with E-state index in [9.17, 15) is 17.6 Å². The number of aryl methyl sites for hydroxylation is 2. The minimum atomic E-state index is -4.08. The van der Waals surface area contributed by atoms with E-state index in [1.165, 1.54) is 30.5 Å². The highest BCUT2D eigenvalue weighted by Crippen LogP contribution is 2.26. The highest BCUT2D eigenvalue weighted by molar-refractivity contribution is 7.92. The molecule has 0 aliphatic rings. The van der Waals surface area contributed by atoms with Crippen molar-refractivity contribution in [2.75, 3.05) is 10.8 Å². The molecule has 0 aliphatic heterocycles. The van der Waals surface area contributed by atoms with Crippen LogP contribution < -0.4 is 9.73 Å². The molecule has 3 aromatic carbocycles. The van der Waals surface area contributed by atoms with Crippen molar-refractivity contribution in [3.05, 3.63) is 112 Å². The third-order valence-corrected chi connectivity index (χ3v) is 7.97. The third kappa shape index (κ3) is 5.79. The molecule has 1 amide bonds. The second-order valence-corrected chi connectivity index (χ2v) is 11.0. The van der Waals surface area contributed by atoms with Gasteiger partial charge in [-0.25, -0.2) is 18.2 Å². The van der Waals surface area contributed by atoms with Crippen molar-refractivity contribution < 1.29 is 17.6 Å². The van der Waals surface area contributed by atoms with Gasteiger partial charge in [0.1, 0.15) is 12.4 Å². The molecule has 4 aromatic rings. The van der Waals surface area contributed by atoms with E-state index in [0.29, 0.717) is 16.3 Å². The number of amides is 1. The summed E-state index contributed by atoms with van der Waals surface area (Å²) in [6.45, 7) is 4.98. The molecule has 0 atom stereocenters. The van der Waals surface area contributed by atoms with E-state index in [1.54, 1.807) is 53.1 Å². The number of halogens is 2. The maximum Gasteiger partial charge on any atom is 0.264 e. The maximum absolute atomic E-state index is 14.4. The van der Waals surface area contributed by atoms with Crippen LogP contribution in [0.1, 0.15) is 22.5 Å². The molecule has 0 bridgehead atoms. The Balaban J connectivity index is 1.56. The molecular formula is C28H26ClFN4O3S. The number of benzene rings is 3. The van der Waals surface area contributed by atoms with Gasteiger partial charge >= 0.3 is 0 Å². The molecule has 7 nitrogen and oxygen atoms in total. The molecule has 1 N–H and O–H groups in total. The van der Waals surface area contributed by atoms with Crippen LogP contribution in [0.4, 0.5) is 10.1 Å². The van der Waals surface area contributed by atoms with E-state index >= 15 is 0 Å². The molecule has 0 radical (unpaired) electrons. The van der Waals surface area contributed by atoms with Gasteiger partial charge in [0.25, 0.3) is 15.9 Å². The van der Waals surface area contributed by atoms with Crippen molar-refractivity contribution in [1.82, 2.24) is 9.99 Å². The van der Waals surface area contributed by atoms with Crippen molar-refractivity contribution in [2.45, 2.75) is 25.7 Å². The normalized spacial score (nSPS) is 11.6. The number of rotatable bonds is 8. The fraction of sp³-hybridized carbons (Fsp3) is 0.143. The predicted octanol–water partition coefficient (Wildman–Crippen LogP) is 5.54. The lowest BCUT2D eigenvalue weighted by Gasteiger charge is -2.24. The number of nitrogens with one attached hydrogen (secondary N) is 1. The molecular weight excluding hydrogens is 527 g/mol. The predicted molar refractivity (Wildman–Crippen MR) is 148 cm³/mol. The summed E-state index contributed by atoms with van der Waals surface area (Å²) in [5, 5.41) is 4.35. The van der Waals surface area contributed by atoms with Gasteiger partial charge in [0.2, 0.25) is 0 Å². The van der Waals surface area contributed by atoms with Crippen LogP contribution in [0.5, 0.6) is 0 Å². The number of carbonyl (C=O) groups is 1. The van der Waals surface area contributed by atoms with Crippen molar-refractivity contribution >= 4 is 39.4 Å². The van der Waals surface area contributed by atoms with Crippen LogP contribution in [0.15, 0.2) is 88.9 Å². The van der Waals surface area contributed by atoms with Gasteiger partial charge in [-0.2, -0.15) is 5.10 Å². The van der Waals surface area contributed by atoms with E-state index in [2.05, 4.69) is 10.5 Å². The molecule has 196 valence electrons. The standard InChI is InChI=1S/C28H26ClFN4O3S/c1-19-11-13-25(14-12-19)38(36,37)33(24-8-6-7-23(29)16-24)18-28(35)32-31-17-22-15-20(2)34(21(22)3)27-10-5-4-9-26(27)30/h4-17H,18H2,1-3H3,(H,32,35)/b31-17-. The van der Waals surface area contributed by atoms with Crippen LogP contribution in [0.3, 0.4) is 0 Å². The highest BCUT2D eigenvalue weighted by Gasteiger charge is 2.27. The van der Waals surface area contributed by atoms with Gasteiger partial charge in [-0.1, -0.05) is 47.5 Å². The first-order chi connectivity index (χ1) is 18.1. The van der Waals surface area contributed by atoms with Gasteiger partial charge in [-0.15, -0.1) is 0 Å². The number of aromatic nitrogens is 1. The third-order valence-electron chi connectivity index (χ3n) is 5.95. The minimum Gasteiger partial charge on any atom is -0.315 e. The smallest absolute Gasteiger partial charge is 0.264 e. The summed E-state index contributed by atoms with van der Waals surface area (Å²) in [6.07, 6.45) is 1.44. The zero-order valence-corrected chi connectivity index (χ0v) is 22.6. The zero-order valence-electron chi connectivity index (χ0n) is 21.0. The largest absolute Gasteiger partial charge is 0.315 e. The Morgan fingerprint density at radius 3 is 2.42 bits per heavy atom. The lowest BCUT2D eigenvalue weighted by Crippen LogP contribution is -2.39. The van der Waals surface area contributed by atoms with Crippen LogP contribution >= 0.6 is 11.6 Å². The summed E-state index contributed by atoms with van der Waals surface area (Å²) >= 11 is 6.11. The molecule has 1 aromatic heterocycles. The summed E-state index contributed by atoms with van der Waals surface area (Å²) in [5.41, 5.74) is 6.13. The van der Waals surface area contributed by atoms with Crippen LogP contribution in [-0.4, -0.2) is 31.7 Å². The minimum absolute atomic E-state index is 0.0416. The number of para-hydroxylation sites is 1. The monoisotopic (exact) mass is 552 g/mol. The van der Waals surface area contributed by atoms with Crippen LogP contribution in [-0.2, 0) is 14.8 Å². The fourth-order valence-electron chi connectivity index (χ4n) is 4.05. The fourth-order valence-corrected chi connectivity index (χ4v) is 5.64. The Morgan fingerprint density at radius 2 is 1.74 bits per heavy atom. The van der Waals surface area contributed by atoms with E-state index in [4.69, 9.17) is 11.6 Å². The quantitative estimate of drug-likeness (QED) is 0.230. The molecule has 38 heavy (non-hydrogen) atoms. The zero-order chi connectivity index (χ0) is 27.4. The number of sulfonamides is 1. The number of nitrogens with zero attached hydrogens (tertiary/aromatic N) is 3. The molecule has 0 aliphatic carbocycles. The van der Waals surface area contributed by atoms with Crippen molar-refractivity contribution in [1.29, 1.82) is 0 Å². The number of carbonyl (C=O) groups excluding carboxylic acids is 1. The SMILES string of the molecule is Cc1ccc(S(=O)(=O)N(CC(=O)N/N=C\c2cc(C)n(-c3ccccc3F)c2C)c2cccc(Cl)c2)cc1. The summed E-state index contributed by atoms with van der Waals surface area (Å²) in [5.74, 6) is -1.01. The number of hydrogen-bond donors (Lipinski definition) is 1. The Bertz CT molecular complexity index is 1620. The average molecular weight is 553 g/mol. The van der Waals surface area contributed by atoms with Gasteiger partial charge in [0.15, 0.2) is 0 Å². The highest BCUT2D eigenvalue weighted by atomic mass is 35.5. The summed E-state index contributed by atoms with van der Waals surface area (Å²) in [6, 6.07) is 20.9. The van der Waals surface area contributed by atoms with E-state index in [1.807, 2.05) is 26.8 Å². The lowest BCUT2D eigenvalue weighted by atomic mass is 10.2. The molecule has 10 heteroatoms. The molecule has 0 saturated carbocycles. The van der Waals surface area contributed by atoms with Gasteiger partial charge in [0.05, 0.1) is 22.5 Å². The van der Waals surface area contributed by atoms with Gasteiger partial charge in [0, 0.05) is 22.0 Å². The Kier molecular flexibility index (Phi) is 7.99. The summed E-state index contributed by atoms with van der Waals surface area (Å²) in [7, 11) is -4.08. The molecule has 0 saturated heterocycles. The molecule has 0 spiro atoms. The van der Waals surface area contributed by atoms with Crippen LogP contribution in [0.2, 0.25) is 5.02 Å². The summed E-state index contributed by atoms with van der Waals surface area (Å²) in [4.78, 5) is 12.9. The molecule has 0 unspecified atom stereocenters. The average Bonchev–Trinajstić information content (AvgIpc) is 3.15. The second-order valence-electron chi connectivity index (χ2n) is 8.71. The van der Waals surface area contributed by atoms with Crippen molar-refractivity contribution in [3.8, 4) is 5.69 Å². The lowest BCUT2D eigenvalue weighted by molar-refractivity contribution is -0.119. The maximum atomic E-state index is 14.4. The first-order valence-electron chi connectivity index (χ1n) is 11.7. The first-order valence-corrected chi connectivity index (χ1v) is 13.5. The van der Waals surface area contributed by atoms with Crippen LogP contribution in [0.25, 0.3) is 5.69 Å². The van der Waals surface area contributed by atoms with E-state index in [-0.39, 0.29) is 16.4 Å². The van der Waals surface area contributed by atoms with Crippen molar-refractivity contribution in [2.24, 2.45) is 5.10 Å². The molecule has 0 fully saturated rings. The topological polar surface area (TPSA) is 83.8 Å². The molecule has 1 heterocycles. The Morgan fingerprint density at radius 1 is 1.03 bits per heavy atom. The van der Waals surface area contributed by atoms with Crippen LogP contribution in [0, 0.1) is 26.6 Å². The van der Waals surface area contributed by atoms with Gasteiger partial charge in [-0.3, -0.25) is 9.10 Å². The number of hydrazone groups is 1. The van der Waals surface area contributed by atoms with E-state index < -0.39 is 22.5 Å². The second kappa shape index (κ2) is 11.2.